The highest BCUT2D eigenvalue weighted by Gasteiger charge is 2.34. The minimum atomic E-state index is -4.16. The second-order valence-corrected chi connectivity index (χ2v) is 12.4. The lowest BCUT2D eigenvalue weighted by Crippen LogP contribution is -2.53. The lowest BCUT2D eigenvalue weighted by Gasteiger charge is -2.33. The van der Waals surface area contributed by atoms with Crippen molar-refractivity contribution in [2.75, 3.05) is 10.8 Å². The average molecular weight is 605 g/mol. The molecule has 0 saturated heterocycles. The van der Waals surface area contributed by atoms with Crippen LogP contribution in [0.1, 0.15) is 44.7 Å². The van der Waals surface area contributed by atoms with E-state index in [9.17, 15) is 18.0 Å². The fourth-order valence-electron chi connectivity index (χ4n) is 4.13. The van der Waals surface area contributed by atoms with Crippen molar-refractivity contribution in [2.24, 2.45) is 0 Å². The maximum absolute atomic E-state index is 14.1. The van der Waals surface area contributed by atoms with Gasteiger partial charge < -0.3 is 10.2 Å². The maximum Gasteiger partial charge on any atom is 0.264 e. The molecule has 2 atom stereocenters. The second-order valence-electron chi connectivity index (χ2n) is 9.65. The monoisotopic (exact) mass is 603 g/mol. The van der Waals surface area contributed by atoms with Crippen LogP contribution in [0.4, 0.5) is 5.69 Å². The number of carbonyl (C=O) groups is 2. The van der Waals surface area contributed by atoms with Crippen LogP contribution in [-0.2, 0) is 26.2 Å². The smallest absolute Gasteiger partial charge is 0.264 e. The fraction of sp³-hybridized carbons (Fsp3) is 0.333. The minimum absolute atomic E-state index is 0.0327. The molecule has 40 heavy (non-hydrogen) atoms. The van der Waals surface area contributed by atoms with Gasteiger partial charge in [-0.15, -0.1) is 0 Å². The van der Waals surface area contributed by atoms with E-state index in [4.69, 9.17) is 23.2 Å². The third-order valence-electron chi connectivity index (χ3n) is 6.71. The number of rotatable bonds is 12. The van der Waals surface area contributed by atoms with Crippen molar-refractivity contribution in [3.63, 3.8) is 0 Å². The predicted molar refractivity (Wildman–Crippen MR) is 161 cm³/mol. The number of amides is 2. The second kappa shape index (κ2) is 14.0. The SMILES string of the molecule is CC[C@H](C)NC(=O)[C@H](CC)N(Cc1ccc(Cl)cc1)C(=O)CN(c1ccc(C)c(Cl)c1)S(=O)(=O)c1ccccc1. The van der Waals surface area contributed by atoms with E-state index in [0.29, 0.717) is 16.5 Å². The first-order valence-corrected chi connectivity index (χ1v) is 15.4. The first kappa shape index (κ1) is 31.5. The van der Waals surface area contributed by atoms with Gasteiger partial charge in [0.2, 0.25) is 11.8 Å². The summed E-state index contributed by atoms with van der Waals surface area (Å²) in [6.07, 6.45) is 1.06. The Balaban J connectivity index is 2.06. The maximum atomic E-state index is 14.1. The van der Waals surface area contributed by atoms with Crippen molar-refractivity contribution in [2.45, 2.75) is 64.1 Å². The summed E-state index contributed by atoms with van der Waals surface area (Å²) >= 11 is 12.4. The Labute approximate surface area is 247 Å². The van der Waals surface area contributed by atoms with Crippen LogP contribution in [0, 0.1) is 6.92 Å². The van der Waals surface area contributed by atoms with Crippen molar-refractivity contribution >= 4 is 50.7 Å². The third kappa shape index (κ3) is 7.77. The van der Waals surface area contributed by atoms with Crippen molar-refractivity contribution in [3.8, 4) is 0 Å². The number of aryl methyl sites for hydroxylation is 1. The molecular formula is C30H35Cl2N3O4S. The van der Waals surface area contributed by atoms with Gasteiger partial charge in [-0.2, -0.15) is 0 Å². The summed E-state index contributed by atoms with van der Waals surface area (Å²) in [5, 5.41) is 3.87. The Morgan fingerprint density at radius 1 is 0.925 bits per heavy atom. The summed E-state index contributed by atoms with van der Waals surface area (Å²) in [5.74, 6) is -0.827. The zero-order valence-electron chi connectivity index (χ0n) is 23.1. The Hall–Kier alpha value is -3.07. The highest BCUT2D eigenvalue weighted by molar-refractivity contribution is 7.92. The molecule has 0 heterocycles. The predicted octanol–water partition coefficient (Wildman–Crippen LogP) is 6.22. The zero-order valence-corrected chi connectivity index (χ0v) is 25.4. The highest BCUT2D eigenvalue weighted by Crippen LogP contribution is 2.28. The molecule has 2 amide bonds. The van der Waals surface area contributed by atoms with Gasteiger partial charge in [0, 0.05) is 22.6 Å². The molecule has 0 bridgehead atoms. The number of hydrogen-bond acceptors (Lipinski definition) is 4. The Bertz CT molecular complexity index is 1420. The fourth-order valence-corrected chi connectivity index (χ4v) is 5.86. The summed E-state index contributed by atoms with van der Waals surface area (Å²) in [4.78, 5) is 28.9. The van der Waals surface area contributed by atoms with Gasteiger partial charge in [0.1, 0.15) is 12.6 Å². The molecule has 0 radical (unpaired) electrons. The molecule has 10 heteroatoms. The number of hydrogen-bond donors (Lipinski definition) is 1. The molecule has 0 saturated carbocycles. The van der Waals surface area contributed by atoms with Crippen LogP contribution in [0.25, 0.3) is 0 Å². The Morgan fingerprint density at radius 2 is 1.57 bits per heavy atom. The average Bonchev–Trinajstić information content (AvgIpc) is 2.94. The number of nitrogens with one attached hydrogen (secondary N) is 1. The van der Waals surface area contributed by atoms with Gasteiger partial charge in [0.05, 0.1) is 10.6 Å². The topological polar surface area (TPSA) is 86.8 Å². The molecule has 0 spiro atoms. The van der Waals surface area contributed by atoms with E-state index >= 15 is 0 Å². The number of halogens is 2. The Kier molecular flexibility index (Phi) is 11.0. The van der Waals surface area contributed by atoms with E-state index < -0.39 is 28.5 Å². The van der Waals surface area contributed by atoms with Crippen molar-refractivity contribution in [1.29, 1.82) is 0 Å². The molecule has 3 aromatic rings. The van der Waals surface area contributed by atoms with E-state index in [2.05, 4.69) is 5.32 Å². The van der Waals surface area contributed by atoms with Crippen LogP contribution < -0.4 is 9.62 Å². The van der Waals surface area contributed by atoms with E-state index in [-0.39, 0.29) is 29.1 Å². The quantitative estimate of drug-likeness (QED) is 0.266. The number of sulfonamides is 1. The summed E-state index contributed by atoms with van der Waals surface area (Å²) in [7, 11) is -4.16. The molecule has 214 valence electrons. The van der Waals surface area contributed by atoms with Crippen LogP contribution in [0.15, 0.2) is 77.7 Å². The molecule has 0 aromatic heterocycles. The molecule has 0 fully saturated rings. The molecule has 7 nitrogen and oxygen atoms in total. The minimum Gasteiger partial charge on any atom is -0.352 e. The number of carbonyl (C=O) groups excluding carboxylic acids is 2. The molecular weight excluding hydrogens is 569 g/mol. The number of anilines is 1. The van der Waals surface area contributed by atoms with Gasteiger partial charge in [0.25, 0.3) is 10.0 Å². The van der Waals surface area contributed by atoms with Gasteiger partial charge in [-0.05, 0) is 74.2 Å². The van der Waals surface area contributed by atoms with Gasteiger partial charge >= 0.3 is 0 Å². The summed E-state index contributed by atoms with van der Waals surface area (Å²) < 4.78 is 28.8. The van der Waals surface area contributed by atoms with Crippen LogP contribution >= 0.6 is 23.2 Å². The van der Waals surface area contributed by atoms with E-state index in [1.807, 2.05) is 27.7 Å². The van der Waals surface area contributed by atoms with Crippen molar-refractivity contribution in [3.05, 3.63) is 94.0 Å². The van der Waals surface area contributed by atoms with Crippen molar-refractivity contribution in [1.82, 2.24) is 10.2 Å². The lowest BCUT2D eigenvalue weighted by molar-refractivity contribution is -0.140. The van der Waals surface area contributed by atoms with Crippen LogP contribution in [0.3, 0.4) is 0 Å². The largest absolute Gasteiger partial charge is 0.352 e. The Morgan fingerprint density at radius 3 is 2.15 bits per heavy atom. The molecule has 0 aliphatic rings. The van der Waals surface area contributed by atoms with Gasteiger partial charge in [-0.25, -0.2) is 8.42 Å². The van der Waals surface area contributed by atoms with Crippen LogP contribution in [-0.4, -0.2) is 43.8 Å². The molecule has 0 aliphatic carbocycles. The van der Waals surface area contributed by atoms with Crippen molar-refractivity contribution < 1.29 is 18.0 Å². The first-order valence-electron chi connectivity index (χ1n) is 13.2. The van der Waals surface area contributed by atoms with E-state index in [1.165, 1.54) is 23.1 Å². The number of nitrogens with zero attached hydrogens (tertiary/aromatic N) is 2. The summed E-state index contributed by atoms with van der Waals surface area (Å²) in [6, 6.07) is 18.8. The molecule has 1 N–H and O–H groups in total. The van der Waals surface area contributed by atoms with Crippen LogP contribution in [0.5, 0.6) is 0 Å². The van der Waals surface area contributed by atoms with E-state index in [1.54, 1.807) is 54.6 Å². The van der Waals surface area contributed by atoms with Gasteiger partial charge in [-0.1, -0.05) is 73.4 Å². The normalized spacial score (nSPS) is 12.8. The van der Waals surface area contributed by atoms with E-state index in [0.717, 1.165) is 21.9 Å². The molecule has 0 unspecified atom stereocenters. The third-order valence-corrected chi connectivity index (χ3v) is 9.15. The molecule has 3 rings (SSSR count). The number of benzene rings is 3. The van der Waals surface area contributed by atoms with Gasteiger partial charge in [-0.3, -0.25) is 13.9 Å². The zero-order chi connectivity index (χ0) is 29.4. The van der Waals surface area contributed by atoms with Gasteiger partial charge in [0.15, 0.2) is 0 Å². The first-order chi connectivity index (χ1) is 19.0. The lowest BCUT2D eigenvalue weighted by atomic mass is 10.1. The molecule has 0 aliphatic heterocycles. The summed E-state index contributed by atoms with van der Waals surface area (Å²) in [5.41, 5.74) is 1.77. The molecule has 3 aromatic carbocycles. The highest BCUT2D eigenvalue weighted by atomic mass is 35.5. The standard InChI is InChI=1S/C30H35Cl2N3O4S/c1-5-22(4)33-30(37)28(6-2)34(19-23-13-15-24(31)16-14-23)29(36)20-35(25-17-12-21(3)27(32)18-25)40(38,39)26-10-8-7-9-11-26/h7-18,22,28H,5-6,19-20H2,1-4H3,(H,33,37)/t22-,28-/m0/s1. The summed E-state index contributed by atoms with van der Waals surface area (Å²) in [6.45, 7) is 7.05. The van der Waals surface area contributed by atoms with Crippen LogP contribution in [0.2, 0.25) is 10.0 Å².